The van der Waals surface area contributed by atoms with Crippen molar-refractivity contribution < 1.29 is 0 Å². The lowest BCUT2D eigenvalue weighted by Crippen LogP contribution is -2.03. The smallest absolute Gasteiger partial charge is 0.107 e. The highest BCUT2D eigenvalue weighted by Crippen LogP contribution is 2.30. The van der Waals surface area contributed by atoms with E-state index in [1.807, 2.05) is 38.3 Å². The second kappa shape index (κ2) is 21.4. The number of aryl methyl sites for hydroxylation is 4. The van der Waals surface area contributed by atoms with Crippen LogP contribution in [0.5, 0.6) is 0 Å². The molecule has 1 aromatic heterocycles. The van der Waals surface area contributed by atoms with Gasteiger partial charge in [-0.05, 0) is 103 Å². The van der Waals surface area contributed by atoms with Crippen LogP contribution in [0.15, 0.2) is 86.1 Å². The van der Waals surface area contributed by atoms with Crippen LogP contribution in [0.25, 0.3) is 16.8 Å². The zero-order valence-corrected chi connectivity index (χ0v) is 30.6. The first-order chi connectivity index (χ1) is 22.3. The number of hydrogen-bond acceptors (Lipinski definition) is 1. The molecule has 0 radical (unpaired) electrons. The van der Waals surface area contributed by atoms with Crippen LogP contribution in [-0.2, 0) is 25.7 Å². The molecule has 0 amide bonds. The van der Waals surface area contributed by atoms with Gasteiger partial charge in [0, 0.05) is 17.0 Å². The molecule has 0 fully saturated rings. The van der Waals surface area contributed by atoms with E-state index in [1.54, 1.807) is 0 Å². The standard InChI is InChI=1S/C28H35ClN2.C13H18.C2H6/c1-6-8-9-10-22-12-13-23(17-24(22)20(4)7-2)21(5)16-28-30-18-27(31-28)25-15-19(3)11-14-26(25)29;1-3-5-6-7-13-10-8-12(4-2)9-11-13;1-2/h11-15,17-18,21H,4,6-10,16H2,1-3,5H3,(H,30,31);3,8-11H,1,4-7H2,2H3;1-2H3. The summed E-state index contributed by atoms with van der Waals surface area (Å²) in [6, 6.07) is 22.0. The second-order valence-electron chi connectivity index (χ2n) is 12.0. The van der Waals surface area contributed by atoms with E-state index in [4.69, 9.17) is 11.6 Å². The number of nitrogens with zero attached hydrogens (tertiary/aromatic N) is 1. The maximum atomic E-state index is 6.41. The third-order valence-electron chi connectivity index (χ3n) is 8.41. The van der Waals surface area contributed by atoms with Crippen LogP contribution in [0, 0.1) is 6.92 Å². The molecule has 0 saturated carbocycles. The number of rotatable bonds is 15. The monoisotopic (exact) mass is 638 g/mol. The molecular formula is C43H59ClN2. The van der Waals surface area contributed by atoms with Gasteiger partial charge in [0.15, 0.2) is 0 Å². The van der Waals surface area contributed by atoms with E-state index in [0.717, 1.165) is 54.2 Å². The molecule has 4 rings (SSSR count). The molecule has 1 unspecified atom stereocenters. The van der Waals surface area contributed by atoms with Gasteiger partial charge >= 0.3 is 0 Å². The van der Waals surface area contributed by atoms with Crippen molar-refractivity contribution >= 4 is 17.2 Å². The highest BCUT2D eigenvalue weighted by Gasteiger charge is 2.14. The van der Waals surface area contributed by atoms with Gasteiger partial charge in [-0.2, -0.15) is 0 Å². The number of imidazole rings is 1. The minimum Gasteiger partial charge on any atom is -0.342 e. The number of unbranched alkanes of at least 4 members (excludes halogenated alkanes) is 3. The maximum Gasteiger partial charge on any atom is 0.107 e. The minimum atomic E-state index is 0.361. The van der Waals surface area contributed by atoms with Crippen molar-refractivity contribution in [2.24, 2.45) is 0 Å². The molecule has 0 saturated heterocycles. The fourth-order valence-corrected chi connectivity index (χ4v) is 5.67. The molecule has 4 aromatic rings. The Balaban J connectivity index is 0.000000410. The van der Waals surface area contributed by atoms with Crippen molar-refractivity contribution in [1.29, 1.82) is 0 Å². The van der Waals surface area contributed by atoms with Gasteiger partial charge in [-0.3, -0.25) is 0 Å². The number of nitrogens with one attached hydrogen (secondary N) is 1. The first-order valence-electron chi connectivity index (χ1n) is 17.6. The summed E-state index contributed by atoms with van der Waals surface area (Å²) in [6.07, 6.45) is 15.3. The highest BCUT2D eigenvalue weighted by molar-refractivity contribution is 6.33. The molecule has 3 heteroatoms. The van der Waals surface area contributed by atoms with Gasteiger partial charge in [0.25, 0.3) is 0 Å². The Morgan fingerprint density at radius 2 is 1.63 bits per heavy atom. The van der Waals surface area contributed by atoms with Crippen LogP contribution in [-0.4, -0.2) is 9.97 Å². The predicted octanol–water partition coefficient (Wildman–Crippen LogP) is 13.3. The zero-order chi connectivity index (χ0) is 33.9. The molecule has 2 nitrogen and oxygen atoms in total. The van der Waals surface area contributed by atoms with Gasteiger partial charge in [-0.25, -0.2) is 4.98 Å². The van der Waals surface area contributed by atoms with Gasteiger partial charge in [0.2, 0.25) is 0 Å². The van der Waals surface area contributed by atoms with Crippen LogP contribution in [0.2, 0.25) is 5.02 Å². The number of aromatic amines is 1. The van der Waals surface area contributed by atoms with Crippen LogP contribution >= 0.6 is 11.6 Å². The number of aromatic nitrogens is 2. The van der Waals surface area contributed by atoms with Gasteiger partial charge in [0.05, 0.1) is 11.9 Å². The Hall–Kier alpha value is -3.36. The molecule has 3 aromatic carbocycles. The van der Waals surface area contributed by atoms with Crippen molar-refractivity contribution in [3.05, 3.63) is 130 Å². The Labute approximate surface area is 286 Å². The SMILES string of the molecule is C=C(CC)c1cc(C(C)Cc2ncc(-c3cc(C)ccc3Cl)[nH]2)ccc1CCCCC.C=CCCCc1ccc(CC)cc1.CC. The lowest BCUT2D eigenvalue weighted by atomic mass is 9.89. The summed E-state index contributed by atoms with van der Waals surface area (Å²) in [5.41, 5.74) is 11.4. The Morgan fingerprint density at radius 1 is 0.913 bits per heavy atom. The van der Waals surface area contributed by atoms with E-state index in [9.17, 15) is 0 Å². The van der Waals surface area contributed by atoms with Crippen LogP contribution in [0.4, 0.5) is 0 Å². The predicted molar refractivity (Wildman–Crippen MR) is 205 cm³/mol. The zero-order valence-electron chi connectivity index (χ0n) is 29.8. The summed E-state index contributed by atoms with van der Waals surface area (Å²) in [6.45, 7) is 23.0. The van der Waals surface area contributed by atoms with Crippen LogP contribution in [0.1, 0.15) is 125 Å². The van der Waals surface area contributed by atoms with E-state index in [1.165, 1.54) is 71.1 Å². The number of halogens is 1. The van der Waals surface area contributed by atoms with E-state index in [2.05, 4.69) is 106 Å². The molecule has 0 aliphatic heterocycles. The quantitative estimate of drug-likeness (QED) is 0.102. The molecule has 0 aliphatic rings. The molecule has 1 N–H and O–H groups in total. The first kappa shape index (κ1) is 38.8. The summed E-state index contributed by atoms with van der Waals surface area (Å²) in [7, 11) is 0. The third kappa shape index (κ3) is 12.4. The van der Waals surface area contributed by atoms with E-state index in [0.29, 0.717) is 5.92 Å². The molecule has 0 aliphatic carbocycles. The van der Waals surface area contributed by atoms with E-state index < -0.39 is 0 Å². The lowest BCUT2D eigenvalue weighted by molar-refractivity contribution is 0.711. The first-order valence-corrected chi connectivity index (χ1v) is 18.0. The Bertz CT molecular complexity index is 1460. The molecule has 0 spiro atoms. The van der Waals surface area contributed by atoms with E-state index in [-0.39, 0.29) is 0 Å². The summed E-state index contributed by atoms with van der Waals surface area (Å²) >= 11 is 6.41. The van der Waals surface area contributed by atoms with Crippen molar-refractivity contribution in [1.82, 2.24) is 9.97 Å². The topological polar surface area (TPSA) is 28.7 Å². The average Bonchev–Trinajstić information content (AvgIpc) is 3.55. The molecule has 0 bridgehead atoms. The molecule has 248 valence electrons. The fraction of sp³-hybridized carbons (Fsp3) is 0.419. The normalized spacial score (nSPS) is 11.1. The molecular weight excluding hydrogens is 580 g/mol. The number of hydrogen-bond donors (Lipinski definition) is 1. The molecule has 46 heavy (non-hydrogen) atoms. The Kier molecular flexibility index (Phi) is 18.1. The van der Waals surface area contributed by atoms with Gasteiger partial charge < -0.3 is 4.98 Å². The summed E-state index contributed by atoms with van der Waals surface area (Å²) in [5, 5.41) is 0.746. The lowest BCUT2D eigenvalue weighted by Gasteiger charge is -2.17. The largest absolute Gasteiger partial charge is 0.342 e. The molecule has 1 atom stereocenters. The number of H-pyrrole nitrogens is 1. The van der Waals surface area contributed by atoms with Gasteiger partial charge in [-0.15, -0.1) is 6.58 Å². The van der Waals surface area contributed by atoms with Gasteiger partial charge in [0.1, 0.15) is 5.82 Å². The van der Waals surface area contributed by atoms with Crippen LogP contribution < -0.4 is 0 Å². The summed E-state index contributed by atoms with van der Waals surface area (Å²) < 4.78 is 0. The van der Waals surface area contributed by atoms with E-state index >= 15 is 0 Å². The maximum absolute atomic E-state index is 6.41. The second-order valence-corrected chi connectivity index (χ2v) is 12.4. The summed E-state index contributed by atoms with van der Waals surface area (Å²) in [4.78, 5) is 8.12. The Morgan fingerprint density at radius 3 is 2.28 bits per heavy atom. The fourth-order valence-electron chi connectivity index (χ4n) is 5.45. The number of benzene rings is 3. The van der Waals surface area contributed by atoms with Crippen molar-refractivity contribution in [3.8, 4) is 11.3 Å². The van der Waals surface area contributed by atoms with Crippen LogP contribution in [0.3, 0.4) is 0 Å². The van der Waals surface area contributed by atoms with Crippen molar-refractivity contribution in [2.45, 2.75) is 119 Å². The average molecular weight is 639 g/mol. The molecule has 1 heterocycles. The minimum absolute atomic E-state index is 0.361. The number of allylic oxidation sites excluding steroid dienone is 2. The highest BCUT2D eigenvalue weighted by atomic mass is 35.5. The third-order valence-corrected chi connectivity index (χ3v) is 8.73. The van der Waals surface area contributed by atoms with Gasteiger partial charge in [-0.1, -0.05) is 133 Å². The van der Waals surface area contributed by atoms with Crippen molar-refractivity contribution in [3.63, 3.8) is 0 Å². The van der Waals surface area contributed by atoms with Crippen molar-refractivity contribution in [2.75, 3.05) is 0 Å². The summed E-state index contributed by atoms with van der Waals surface area (Å²) in [5.74, 6) is 1.35.